The van der Waals surface area contributed by atoms with E-state index in [0.29, 0.717) is 11.3 Å². The molecule has 0 aromatic heterocycles. The van der Waals surface area contributed by atoms with Gasteiger partial charge in [-0.15, -0.1) is 0 Å². The van der Waals surface area contributed by atoms with Crippen molar-refractivity contribution in [3.05, 3.63) is 36.2 Å². The minimum Gasteiger partial charge on any atom is -0.497 e. The Morgan fingerprint density at radius 1 is 1.38 bits per heavy atom. The van der Waals surface area contributed by atoms with Crippen molar-refractivity contribution in [2.45, 2.75) is 0 Å². The molecule has 0 radical (unpaired) electrons. The van der Waals surface area contributed by atoms with Crippen LogP contribution in [0.5, 0.6) is 5.75 Å². The molecule has 3 heteroatoms. The van der Waals surface area contributed by atoms with Crippen molar-refractivity contribution in [2.24, 2.45) is 0 Å². The average Bonchev–Trinajstić information content (AvgIpc) is 2.17. The minimum atomic E-state index is -0.393. The van der Waals surface area contributed by atoms with Crippen molar-refractivity contribution in [2.75, 3.05) is 14.2 Å². The molecule has 0 saturated carbocycles. The molecular weight excluding hydrogens is 171 g/mol. The molecule has 0 bridgehead atoms. The molecular formula is C10H11FO2. The largest absolute Gasteiger partial charge is 0.497 e. The molecule has 0 aliphatic carbocycles. The standard InChI is InChI=1S/C10H11FO2/c1-7(12-2)8-4-5-9(11)10(6-8)13-3/h4-6H,1H2,2-3H3. The summed E-state index contributed by atoms with van der Waals surface area (Å²) < 4.78 is 22.7. The van der Waals surface area contributed by atoms with E-state index in [2.05, 4.69) is 6.58 Å². The first kappa shape index (κ1) is 9.58. The summed E-state index contributed by atoms with van der Waals surface area (Å²) in [6.45, 7) is 3.65. The zero-order chi connectivity index (χ0) is 9.84. The first-order chi connectivity index (χ1) is 6.19. The Balaban J connectivity index is 3.06. The highest BCUT2D eigenvalue weighted by Crippen LogP contribution is 2.22. The third-order valence-corrected chi connectivity index (χ3v) is 1.72. The van der Waals surface area contributed by atoms with E-state index >= 15 is 0 Å². The number of benzene rings is 1. The molecule has 70 valence electrons. The number of rotatable bonds is 3. The summed E-state index contributed by atoms with van der Waals surface area (Å²) in [5.74, 6) is 0.282. The van der Waals surface area contributed by atoms with Crippen molar-refractivity contribution in [3.8, 4) is 5.75 Å². The lowest BCUT2D eigenvalue weighted by atomic mass is 10.2. The topological polar surface area (TPSA) is 18.5 Å². The van der Waals surface area contributed by atoms with Crippen LogP contribution in [0.4, 0.5) is 4.39 Å². The molecule has 13 heavy (non-hydrogen) atoms. The van der Waals surface area contributed by atoms with Gasteiger partial charge in [-0.05, 0) is 18.2 Å². The lowest BCUT2D eigenvalue weighted by Crippen LogP contribution is -1.91. The summed E-state index contributed by atoms with van der Waals surface area (Å²) in [5.41, 5.74) is 0.709. The van der Waals surface area contributed by atoms with Gasteiger partial charge in [0, 0.05) is 5.56 Å². The third kappa shape index (κ3) is 1.99. The van der Waals surface area contributed by atoms with E-state index in [9.17, 15) is 4.39 Å². The molecule has 1 rings (SSSR count). The monoisotopic (exact) mass is 182 g/mol. The van der Waals surface area contributed by atoms with E-state index in [4.69, 9.17) is 9.47 Å². The van der Waals surface area contributed by atoms with Gasteiger partial charge in [0.15, 0.2) is 11.6 Å². The number of methoxy groups -OCH3 is 2. The molecule has 1 aromatic rings. The molecule has 0 atom stereocenters. The van der Waals surface area contributed by atoms with Gasteiger partial charge >= 0.3 is 0 Å². The predicted octanol–water partition coefficient (Wildman–Crippen LogP) is 2.45. The molecule has 0 aliphatic rings. The summed E-state index contributed by atoms with van der Waals surface area (Å²) in [4.78, 5) is 0. The van der Waals surface area contributed by atoms with E-state index in [1.165, 1.54) is 20.3 Å². The van der Waals surface area contributed by atoms with Crippen molar-refractivity contribution in [1.82, 2.24) is 0 Å². The van der Waals surface area contributed by atoms with Gasteiger partial charge in [0.1, 0.15) is 5.76 Å². The zero-order valence-electron chi connectivity index (χ0n) is 7.63. The van der Waals surface area contributed by atoms with Crippen LogP contribution in [0.15, 0.2) is 24.8 Å². The maximum atomic E-state index is 12.9. The van der Waals surface area contributed by atoms with Crippen LogP contribution in [-0.2, 0) is 4.74 Å². The van der Waals surface area contributed by atoms with Gasteiger partial charge < -0.3 is 9.47 Å². The molecule has 0 spiro atoms. The lowest BCUT2D eigenvalue weighted by molar-refractivity contribution is 0.368. The Kier molecular flexibility index (Phi) is 2.90. The Hall–Kier alpha value is -1.51. The van der Waals surface area contributed by atoms with E-state index in [0.717, 1.165) is 0 Å². The highest BCUT2D eigenvalue weighted by atomic mass is 19.1. The molecule has 0 N–H and O–H groups in total. The fourth-order valence-electron chi connectivity index (χ4n) is 0.951. The smallest absolute Gasteiger partial charge is 0.165 e. The SMILES string of the molecule is C=C(OC)c1ccc(F)c(OC)c1. The van der Waals surface area contributed by atoms with Crippen LogP contribution < -0.4 is 4.74 Å². The van der Waals surface area contributed by atoms with E-state index in [1.54, 1.807) is 12.1 Å². The number of hydrogen-bond acceptors (Lipinski definition) is 2. The zero-order valence-corrected chi connectivity index (χ0v) is 7.63. The van der Waals surface area contributed by atoms with Crippen LogP contribution in [0.1, 0.15) is 5.56 Å². The maximum absolute atomic E-state index is 12.9. The Morgan fingerprint density at radius 3 is 2.62 bits per heavy atom. The maximum Gasteiger partial charge on any atom is 0.165 e. The second-order valence-corrected chi connectivity index (χ2v) is 2.48. The Bertz CT molecular complexity index is 321. The predicted molar refractivity (Wildman–Crippen MR) is 49.0 cm³/mol. The molecule has 1 aromatic carbocycles. The van der Waals surface area contributed by atoms with Gasteiger partial charge in [0.25, 0.3) is 0 Å². The van der Waals surface area contributed by atoms with Crippen molar-refractivity contribution in [1.29, 1.82) is 0 Å². The summed E-state index contributed by atoms with van der Waals surface area (Å²) in [6, 6.07) is 4.45. The normalized spacial score (nSPS) is 9.46. The first-order valence-electron chi connectivity index (χ1n) is 3.76. The van der Waals surface area contributed by atoms with Crippen LogP contribution in [0.25, 0.3) is 5.76 Å². The highest BCUT2D eigenvalue weighted by Gasteiger charge is 2.05. The van der Waals surface area contributed by atoms with Crippen LogP contribution in [0.3, 0.4) is 0 Å². The van der Waals surface area contributed by atoms with Gasteiger partial charge in [-0.3, -0.25) is 0 Å². The Labute approximate surface area is 76.6 Å². The molecule has 2 nitrogen and oxygen atoms in total. The number of ether oxygens (including phenoxy) is 2. The van der Waals surface area contributed by atoms with Gasteiger partial charge in [-0.2, -0.15) is 0 Å². The summed E-state index contributed by atoms with van der Waals surface area (Å²) >= 11 is 0. The van der Waals surface area contributed by atoms with Crippen LogP contribution >= 0.6 is 0 Å². The van der Waals surface area contributed by atoms with E-state index in [1.807, 2.05) is 0 Å². The van der Waals surface area contributed by atoms with Crippen molar-refractivity contribution >= 4 is 5.76 Å². The minimum absolute atomic E-state index is 0.190. The fraction of sp³-hybridized carbons (Fsp3) is 0.200. The van der Waals surface area contributed by atoms with Crippen molar-refractivity contribution < 1.29 is 13.9 Å². The fourth-order valence-corrected chi connectivity index (χ4v) is 0.951. The Morgan fingerprint density at radius 2 is 2.08 bits per heavy atom. The molecule has 0 aliphatic heterocycles. The van der Waals surface area contributed by atoms with Gasteiger partial charge in [0.2, 0.25) is 0 Å². The molecule has 0 heterocycles. The van der Waals surface area contributed by atoms with Gasteiger partial charge in [0.05, 0.1) is 14.2 Å². The summed E-state index contributed by atoms with van der Waals surface area (Å²) in [5, 5.41) is 0. The molecule has 0 unspecified atom stereocenters. The van der Waals surface area contributed by atoms with E-state index in [-0.39, 0.29) is 5.75 Å². The second kappa shape index (κ2) is 3.94. The van der Waals surface area contributed by atoms with Gasteiger partial charge in [-0.25, -0.2) is 4.39 Å². The van der Waals surface area contributed by atoms with E-state index < -0.39 is 5.82 Å². The molecule has 0 fully saturated rings. The van der Waals surface area contributed by atoms with Crippen LogP contribution in [-0.4, -0.2) is 14.2 Å². The number of hydrogen-bond donors (Lipinski definition) is 0. The van der Waals surface area contributed by atoms with Crippen LogP contribution in [0.2, 0.25) is 0 Å². The lowest BCUT2D eigenvalue weighted by Gasteiger charge is -2.06. The molecule has 0 saturated heterocycles. The van der Waals surface area contributed by atoms with Crippen LogP contribution in [0, 0.1) is 5.82 Å². The molecule has 0 amide bonds. The van der Waals surface area contributed by atoms with Crippen molar-refractivity contribution in [3.63, 3.8) is 0 Å². The average molecular weight is 182 g/mol. The summed E-state index contributed by atoms with van der Waals surface area (Å²) in [7, 11) is 2.93. The first-order valence-corrected chi connectivity index (χ1v) is 3.76. The highest BCUT2D eigenvalue weighted by molar-refractivity contribution is 5.59. The quantitative estimate of drug-likeness (QED) is 0.668. The number of halogens is 1. The van der Waals surface area contributed by atoms with Gasteiger partial charge in [-0.1, -0.05) is 6.58 Å². The second-order valence-electron chi connectivity index (χ2n) is 2.48. The summed E-state index contributed by atoms with van der Waals surface area (Å²) in [6.07, 6.45) is 0. The third-order valence-electron chi connectivity index (χ3n) is 1.72.